The van der Waals surface area contributed by atoms with E-state index in [1.165, 1.54) is 10.6 Å². The van der Waals surface area contributed by atoms with E-state index in [0.717, 1.165) is 19.5 Å². The van der Waals surface area contributed by atoms with E-state index < -0.39 is 10.0 Å². The average molecular weight is 326 g/mol. The molecule has 0 rings (SSSR count). The number of hydrogen-bond acceptors (Lipinski definition) is 6. The number of ether oxygens (including phenoxy) is 3. The van der Waals surface area contributed by atoms with Gasteiger partial charge in [0.25, 0.3) is 0 Å². The van der Waals surface area contributed by atoms with Gasteiger partial charge in [-0.1, -0.05) is 6.92 Å². The normalized spacial score (nSPS) is 12.2. The number of sulfonamides is 1. The summed E-state index contributed by atoms with van der Waals surface area (Å²) in [6.07, 6.45) is 2.04. The Morgan fingerprint density at radius 2 is 1.62 bits per heavy atom. The van der Waals surface area contributed by atoms with E-state index in [4.69, 9.17) is 14.2 Å². The molecule has 21 heavy (non-hydrogen) atoms. The van der Waals surface area contributed by atoms with E-state index in [-0.39, 0.29) is 0 Å². The van der Waals surface area contributed by atoms with Crippen LogP contribution in [0.2, 0.25) is 0 Å². The maximum Gasteiger partial charge on any atom is 0.211 e. The Morgan fingerprint density at radius 1 is 1.00 bits per heavy atom. The molecule has 0 aromatic carbocycles. The molecule has 128 valence electrons. The van der Waals surface area contributed by atoms with Gasteiger partial charge in [0.2, 0.25) is 10.0 Å². The lowest BCUT2D eigenvalue weighted by atomic mass is 10.4. The molecule has 0 amide bonds. The minimum absolute atomic E-state index is 0.519. The molecule has 7 nitrogen and oxygen atoms in total. The molecule has 0 saturated heterocycles. The fourth-order valence-electron chi connectivity index (χ4n) is 1.67. The van der Waals surface area contributed by atoms with Gasteiger partial charge in [0.05, 0.1) is 39.3 Å². The topological polar surface area (TPSA) is 77.1 Å². The van der Waals surface area contributed by atoms with Crippen LogP contribution in [-0.2, 0) is 24.2 Å². The third-order valence-electron chi connectivity index (χ3n) is 2.81. The molecular weight excluding hydrogens is 296 g/mol. The van der Waals surface area contributed by atoms with Gasteiger partial charge < -0.3 is 19.5 Å². The van der Waals surface area contributed by atoms with Gasteiger partial charge >= 0.3 is 0 Å². The second-order valence-corrected chi connectivity index (χ2v) is 6.56. The first-order valence-corrected chi connectivity index (χ1v) is 9.17. The van der Waals surface area contributed by atoms with Gasteiger partial charge in [0.1, 0.15) is 0 Å². The fourth-order valence-corrected chi connectivity index (χ4v) is 2.60. The van der Waals surface area contributed by atoms with Gasteiger partial charge in [-0.25, -0.2) is 12.7 Å². The van der Waals surface area contributed by atoms with Crippen LogP contribution in [0.15, 0.2) is 0 Å². The molecule has 0 atom stereocenters. The van der Waals surface area contributed by atoms with Crippen molar-refractivity contribution in [2.45, 2.75) is 13.3 Å². The second-order valence-electron chi connectivity index (χ2n) is 4.58. The highest BCUT2D eigenvalue weighted by Gasteiger charge is 2.12. The lowest BCUT2D eigenvalue weighted by Crippen LogP contribution is -2.32. The van der Waals surface area contributed by atoms with Crippen LogP contribution in [-0.4, -0.2) is 85.3 Å². The van der Waals surface area contributed by atoms with Crippen molar-refractivity contribution < 1.29 is 22.6 Å². The number of nitrogens with zero attached hydrogens (tertiary/aromatic N) is 1. The minimum Gasteiger partial charge on any atom is -0.382 e. The summed E-state index contributed by atoms with van der Waals surface area (Å²) in [7, 11) is -1.43. The molecule has 0 aliphatic heterocycles. The lowest BCUT2D eigenvalue weighted by Gasteiger charge is -2.17. The van der Waals surface area contributed by atoms with Crippen LogP contribution in [0.25, 0.3) is 0 Å². The predicted octanol–water partition coefficient (Wildman–Crippen LogP) is -0.0728. The number of nitrogens with one attached hydrogen (secondary N) is 1. The van der Waals surface area contributed by atoms with Crippen molar-refractivity contribution in [1.29, 1.82) is 0 Å². The van der Waals surface area contributed by atoms with Gasteiger partial charge in [-0.05, 0) is 13.0 Å². The van der Waals surface area contributed by atoms with Gasteiger partial charge in [-0.3, -0.25) is 0 Å². The number of methoxy groups -OCH3 is 1. The van der Waals surface area contributed by atoms with Crippen LogP contribution < -0.4 is 5.32 Å². The van der Waals surface area contributed by atoms with Gasteiger partial charge in [0, 0.05) is 26.7 Å². The molecule has 0 aliphatic rings. The van der Waals surface area contributed by atoms with Crippen molar-refractivity contribution in [2.75, 3.05) is 72.6 Å². The third kappa shape index (κ3) is 13.2. The van der Waals surface area contributed by atoms with Crippen LogP contribution in [0.5, 0.6) is 0 Å². The van der Waals surface area contributed by atoms with Crippen LogP contribution in [0.3, 0.4) is 0 Å². The quantitative estimate of drug-likeness (QED) is 0.425. The molecule has 0 bridgehead atoms. The Bertz CT molecular complexity index is 325. The van der Waals surface area contributed by atoms with Crippen molar-refractivity contribution in [3.8, 4) is 0 Å². The Balaban J connectivity index is 3.29. The molecule has 0 aromatic heterocycles. The summed E-state index contributed by atoms with van der Waals surface area (Å²) >= 11 is 0. The van der Waals surface area contributed by atoms with Crippen LogP contribution in [0.1, 0.15) is 13.3 Å². The van der Waals surface area contributed by atoms with E-state index in [0.29, 0.717) is 46.1 Å². The molecule has 1 N–H and O–H groups in total. The first-order chi connectivity index (χ1) is 10.0. The largest absolute Gasteiger partial charge is 0.382 e. The van der Waals surface area contributed by atoms with Crippen molar-refractivity contribution in [2.24, 2.45) is 0 Å². The average Bonchev–Trinajstić information content (AvgIpc) is 2.42. The van der Waals surface area contributed by atoms with Crippen LogP contribution >= 0.6 is 0 Å². The summed E-state index contributed by atoms with van der Waals surface area (Å²) in [6, 6.07) is 0. The van der Waals surface area contributed by atoms with Crippen LogP contribution in [0.4, 0.5) is 0 Å². The summed E-state index contributed by atoms with van der Waals surface area (Å²) in [5.74, 6) is 0. The highest BCUT2D eigenvalue weighted by atomic mass is 32.2. The zero-order chi connectivity index (χ0) is 16.0. The Morgan fingerprint density at radius 3 is 2.19 bits per heavy atom. The minimum atomic E-state index is -3.07. The number of rotatable bonds is 15. The predicted molar refractivity (Wildman–Crippen MR) is 83.1 cm³/mol. The lowest BCUT2D eigenvalue weighted by molar-refractivity contribution is 0.0256. The summed E-state index contributed by atoms with van der Waals surface area (Å²) in [4.78, 5) is 0. The van der Waals surface area contributed by atoms with E-state index >= 15 is 0 Å². The molecule has 0 radical (unpaired) electrons. The van der Waals surface area contributed by atoms with Crippen molar-refractivity contribution in [3.63, 3.8) is 0 Å². The Hall–Kier alpha value is -0.250. The first-order valence-electron chi connectivity index (χ1n) is 7.32. The van der Waals surface area contributed by atoms with E-state index in [2.05, 4.69) is 5.32 Å². The van der Waals surface area contributed by atoms with Gasteiger partial charge in [0.15, 0.2) is 0 Å². The molecule has 0 fully saturated rings. The molecule has 0 aliphatic carbocycles. The smallest absolute Gasteiger partial charge is 0.211 e. The highest BCUT2D eigenvalue weighted by molar-refractivity contribution is 7.88. The summed E-state index contributed by atoms with van der Waals surface area (Å²) in [6.45, 7) is 7.40. The Kier molecular flexibility index (Phi) is 13.3. The van der Waals surface area contributed by atoms with Crippen molar-refractivity contribution >= 4 is 10.0 Å². The van der Waals surface area contributed by atoms with Crippen molar-refractivity contribution in [1.82, 2.24) is 9.62 Å². The zero-order valence-electron chi connectivity index (χ0n) is 13.5. The SMILES string of the molecule is CCN(CCCNCCOCCOCCOC)S(C)(=O)=O. The molecule has 0 heterocycles. The fraction of sp³-hybridized carbons (Fsp3) is 1.00. The first kappa shape index (κ1) is 20.8. The van der Waals surface area contributed by atoms with Crippen molar-refractivity contribution in [3.05, 3.63) is 0 Å². The maximum absolute atomic E-state index is 11.4. The van der Waals surface area contributed by atoms with E-state index in [1.54, 1.807) is 7.11 Å². The second kappa shape index (κ2) is 13.4. The summed E-state index contributed by atoms with van der Waals surface area (Å²) in [5.41, 5.74) is 0. The van der Waals surface area contributed by atoms with E-state index in [9.17, 15) is 8.42 Å². The van der Waals surface area contributed by atoms with Gasteiger partial charge in [-0.2, -0.15) is 0 Å². The van der Waals surface area contributed by atoms with E-state index in [1.807, 2.05) is 6.92 Å². The molecule has 0 spiro atoms. The third-order valence-corrected chi connectivity index (χ3v) is 4.19. The standard InChI is InChI=1S/C13H30N2O5S/c1-4-15(21(3,16)17)8-5-6-14-7-9-19-12-13-20-11-10-18-2/h14H,4-13H2,1-3H3. The summed E-state index contributed by atoms with van der Waals surface area (Å²) < 4.78 is 39.7. The molecule has 0 saturated carbocycles. The van der Waals surface area contributed by atoms with Crippen LogP contribution in [0, 0.1) is 0 Å². The summed E-state index contributed by atoms with van der Waals surface area (Å²) in [5, 5.41) is 3.22. The molecule has 0 unspecified atom stereocenters. The number of hydrogen-bond donors (Lipinski definition) is 1. The monoisotopic (exact) mass is 326 g/mol. The molecular formula is C13H30N2O5S. The molecule has 8 heteroatoms. The highest BCUT2D eigenvalue weighted by Crippen LogP contribution is 1.97. The molecule has 0 aromatic rings. The maximum atomic E-state index is 11.4. The zero-order valence-corrected chi connectivity index (χ0v) is 14.3. The Labute approximate surface area is 129 Å². The van der Waals surface area contributed by atoms with Gasteiger partial charge in [-0.15, -0.1) is 0 Å².